The van der Waals surface area contributed by atoms with Crippen LogP contribution in [0, 0.1) is 0 Å². The number of hydrogen-bond donors (Lipinski definition) is 3. The van der Waals surface area contributed by atoms with Gasteiger partial charge in [-0.1, -0.05) is 11.6 Å². The Labute approximate surface area is 108 Å². The number of nitrogens with two attached hydrogens (primary N) is 2. The molecule has 1 aromatic carbocycles. The molecule has 1 amide bonds. The second kappa shape index (κ2) is 4.72. The highest BCUT2D eigenvalue weighted by Gasteiger charge is 2.23. The van der Waals surface area contributed by atoms with Crippen molar-refractivity contribution in [3.05, 3.63) is 17.2 Å². The zero-order valence-corrected chi connectivity index (χ0v) is 11.0. The average Bonchev–Trinajstić information content (AvgIpc) is 2.14. The van der Waals surface area contributed by atoms with Crippen LogP contribution in [0.4, 0.5) is 5.69 Å². The fourth-order valence-electron chi connectivity index (χ4n) is 1.13. The van der Waals surface area contributed by atoms with Crippen molar-refractivity contribution >= 4 is 43.7 Å². The number of rotatable bonds is 4. The Morgan fingerprint density at radius 3 is 2.17 bits per heavy atom. The predicted molar refractivity (Wildman–Crippen MR) is 63.6 cm³/mol. The minimum atomic E-state index is -4.26. The van der Waals surface area contributed by atoms with Crippen LogP contribution in [0.2, 0.25) is 5.02 Å². The summed E-state index contributed by atoms with van der Waals surface area (Å²) in [4.78, 5) is 8.94. The Hall–Kier alpha value is -1.36. The van der Waals surface area contributed by atoms with Crippen molar-refractivity contribution in [2.75, 3.05) is 5.73 Å². The van der Waals surface area contributed by atoms with Crippen molar-refractivity contribution in [3.8, 4) is 0 Å². The first-order valence-electron chi connectivity index (χ1n) is 4.17. The number of nitrogen functional groups attached to an aromatic ring is 1. The number of primary sulfonamides is 1. The Bertz CT molecular complexity index is 698. The van der Waals surface area contributed by atoms with Crippen molar-refractivity contribution in [2.24, 2.45) is 5.14 Å². The number of anilines is 1. The summed E-state index contributed by atoms with van der Waals surface area (Å²) in [7, 11) is -8.48. The highest BCUT2D eigenvalue weighted by molar-refractivity contribution is 7.90. The van der Waals surface area contributed by atoms with Gasteiger partial charge in [-0.05, 0) is 12.1 Å². The fraction of sp³-hybridized carbons (Fsp3) is 0. The molecule has 0 bridgehead atoms. The first kappa shape index (κ1) is 14.7. The summed E-state index contributed by atoms with van der Waals surface area (Å²) in [6.45, 7) is 0. The number of hydrogen-bond acceptors (Lipinski definition) is 6. The molecule has 0 radical (unpaired) electrons. The quantitative estimate of drug-likeness (QED) is 0.479. The number of carbonyl (C=O) groups excluding carboxylic acids is 1. The summed E-state index contributed by atoms with van der Waals surface area (Å²) in [6.07, 6.45) is -0.0833. The number of sulfonamides is 2. The summed E-state index contributed by atoms with van der Waals surface area (Å²) in [5.41, 5.74) is 5.08. The normalized spacial score (nSPS) is 12.1. The number of amides is 1. The molecule has 1 aromatic rings. The van der Waals surface area contributed by atoms with Crippen LogP contribution < -0.4 is 15.6 Å². The van der Waals surface area contributed by atoms with Gasteiger partial charge in [0.2, 0.25) is 16.4 Å². The van der Waals surface area contributed by atoms with Crippen LogP contribution in [0.5, 0.6) is 0 Å². The third-order valence-electron chi connectivity index (χ3n) is 1.86. The second-order valence-corrected chi connectivity index (χ2v) is 6.72. The van der Waals surface area contributed by atoms with Crippen molar-refractivity contribution in [2.45, 2.75) is 9.79 Å². The molecule has 0 heterocycles. The van der Waals surface area contributed by atoms with Crippen LogP contribution in [0.3, 0.4) is 0 Å². The fourth-order valence-corrected chi connectivity index (χ4v) is 3.21. The molecule has 18 heavy (non-hydrogen) atoms. The molecule has 0 aromatic heterocycles. The van der Waals surface area contributed by atoms with E-state index in [0.717, 1.165) is 6.07 Å². The third kappa shape index (κ3) is 2.90. The molecular weight excluding hydrogens is 306 g/mol. The predicted octanol–water partition coefficient (Wildman–Crippen LogP) is -0.996. The molecule has 1 rings (SSSR count). The van der Waals surface area contributed by atoms with Crippen LogP contribution in [0.25, 0.3) is 0 Å². The van der Waals surface area contributed by atoms with E-state index in [4.69, 9.17) is 22.5 Å². The summed E-state index contributed by atoms with van der Waals surface area (Å²) < 4.78 is 46.9. The minimum absolute atomic E-state index is 0.0833. The van der Waals surface area contributed by atoms with Crippen molar-refractivity contribution in [1.82, 2.24) is 4.72 Å². The van der Waals surface area contributed by atoms with E-state index in [1.165, 1.54) is 4.72 Å². The largest absolute Gasteiger partial charge is 0.398 e. The van der Waals surface area contributed by atoms with E-state index in [1.54, 1.807) is 0 Å². The lowest BCUT2D eigenvalue weighted by molar-refractivity contribution is -0.108. The summed E-state index contributed by atoms with van der Waals surface area (Å²) in [5.74, 6) is 0. The first-order valence-corrected chi connectivity index (χ1v) is 7.58. The molecule has 8 nitrogen and oxygen atoms in total. The zero-order chi connectivity index (χ0) is 14.1. The molecule has 0 aliphatic heterocycles. The molecule has 0 aliphatic rings. The molecule has 0 saturated heterocycles. The Morgan fingerprint density at radius 1 is 1.17 bits per heavy atom. The lowest BCUT2D eigenvalue weighted by atomic mass is 10.3. The standard InChI is InChI=1S/C7H8ClN3O5S2/c8-4-1-5(9)7(18(15,16)11-3-12)2-6(4)17(10,13)14/h1-3H,9H2,(H,11,12)(H2,10,13,14). The van der Waals surface area contributed by atoms with Gasteiger partial charge in [-0.3, -0.25) is 9.52 Å². The van der Waals surface area contributed by atoms with Crippen LogP contribution in [-0.4, -0.2) is 23.2 Å². The number of benzene rings is 1. The Balaban J connectivity index is 3.64. The summed E-state index contributed by atoms with van der Waals surface area (Å²) in [5, 5.41) is 4.54. The third-order valence-corrected chi connectivity index (χ3v) is 4.58. The Morgan fingerprint density at radius 2 is 1.72 bits per heavy atom. The Kier molecular flexibility index (Phi) is 3.86. The van der Waals surface area contributed by atoms with E-state index >= 15 is 0 Å². The van der Waals surface area contributed by atoms with Gasteiger partial charge in [0.25, 0.3) is 10.0 Å². The van der Waals surface area contributed by atoms with Crippen molar-refractivity contribution in [3.63, 3.8) is 0 Å². The molecular formula is C7H8ClN3O5S2. The molecule has 0 fully saturated rings. The van der Waals surface area contributed by atoms with E-state index in [2.05, 4.69) is 0 Å². The minimum Gasteiger partial charge on any atom is -0.398 e. The molecule has 0 spiro atoms. The zero-order valence-electron chi connectivity index (χ0n) is 8.62. The van der Waals surface area contributed by atoms with Crippen LogP contribution in [0.1, 0.15) is 0 Å². The second-order valence-electron chi connectivity index (χ2n) is 3.10. The van der Waals surface area contributed by atoms with Crippen molar-refractivity contribution < 1.29 is 21.6 Å². The van der Waals surface area contributed by atoms with Crippen LogP contribution in [0.15, 0.2) is 21.9 Å². The van der Waals surface area contributed by atoms with Gasteiger partial charge in [0.05, 0.1) is 10.7 Å². The van der Waals surface area contributed by atoms with E-state index in [1.807, 2.05) is 0 Å². The average molecular weight is 314 g/mol. The maximum atomic E-state index is 11.5. The summed E-state index contributed by atoms with van der Waals surface area (Å²) in [6, 6.07) is 1.60. The molecule has 100 valence electrons. The van der Waals surface area contributed by atoms with Gasteiger partial charge in [-0.25, -0.2) is 22.0 Å². The molecule has 5 N–H and O–H groups in total. The SMILES string of the molecule is Nc1cc(Cl)c(S(N)(=O)=O)cc1S(=O)(=O)NC=O. The van der Waals surface area contributed by atoms with Gasteiger partial charge in [0, 0.05) is 0 Å². The van der Waals surface area contributed by atoms with E-state index in [0.29, 0.717) is 6.07 Å². The lowest BCUT2D eigenvalue weighted by Crippen LogP contribution is -2.23. The van der Waals surface area contributed by atoms with Crippen molar-refractivity contribution in [1.29, 1.82) is 0 Å². The van der Waals surface area contributed by atoms with E-state index in [-0.39, 0.29) is 17.1 Å². The van der Waals surface area contributed by atoms with Gasteiger partial charge >= 0.3 is 0 Å². The highest BCUT2D eigenvalue weighted by atomic mass is 35.5. The first-order chi connectivity index (χ1) is 8.09. The molecule has 0 saturated carbocycles. The van der Waals surface area contributed by atoms with Gasteiger partial charge in [-0.2, -0.15) is 0 Å². The summed E-state index contributed by atoms with van der Waals surface area (Å²) >= 11 is 5.59. The van der Waals surface area contributed by atoms with Gasteiger partial charge in [0.15, 0.2) is 0 Å². The molecule has 0 aliphatic carbocycles. The topological polar surface area (TPSA) is 149 Å². The highest BCUT2D eigenvalue weighted by Crippen LogP contribution is 2.28. The maximum absolute atomic E-state index is 11.5. The molecule has 0 unspecified atom stereocenters. The number of carbonyl (C=O) groups is 1. The smallest absolute Gasteiger partial charge is 0.265 e. The lowest BCUT2D eigenvalue weighted by Gasteiger charge is -2.09. The van der Waals surface area contributed by atoms with E-state index in [9.17, 15) is 21.6 Å². The van der Waals surface area contributed by atoms with Gasteiger partial charge in [0.1, 0.15) is 9.79 Å². The number of halogens is 1. The molecule has 0 atom stereocenters. The molecule has 11 heteroatoms. The van der Waals surface area contributed by atoms with Crippen LogP contribution >= 0.6 is 11.6 Å². The van der Waals surface area contributed by atoms with Gasteiger partial charge < -0.3 is 5.73 Å². The van der Waals surface area contributed by atoms with Crippen LogP contribution in [-0.2, 0) is 24.8 Å². The maximum Gasteiger partial charge on any atom is 0.265 e. The van der Waals surface area contributed by atoms with Gasteiger partial charge in [-0.15, -0.1) is 0 Å². The number of nitrogens with one attached hydrogen (secondary N) is 1. The van der Waals surface area contributed by atoms with E-state index < -0.39 is 29.8 Å². The monoisotopic (exact) mass is 313 g/mol.